The molecule has 1 aromatic carbocycles. The number of hydrogen-bond donors (Lipinski definition) is 1. The molecule has 2 N–H and O–H groups in total. The molecular formula is C13H15N3O3. The molecule has 0 amide bonds. The third-order valence-electron chi connectivity index (χ3n) is 2.07. The number of benzene rings is 1. The van der Waals surface area contributed by atoms with E-state index in [9.17, 15) is 10.1 Å². The molecule has 0 saturated heterocycles. The highest BCUT2D eigenvalue weighted by Crippen LogP contribution is 2.30. The predicted molar refractivity (Wildman–Crippen MR) is 73.2 cm³/mol. The average Bonchev–Trinajstić information content (AvgIpc) is 2.44. The normalized spacial score (nSPS) is 9.16. The Kier molecular flexibility index (Phi) is 5.28. The van der Waals surface area contributed by atoms with E-state index in [-0.39, 0.29) is 11.4 Å². The first kappa shape index (κ1) is 14.4. The molecule has 0 aliphatic heterocycles. The minimum Gasteiger partial charge on any atom is -0.450 e. The van der Waals surface area contributed by atoms with Crippen LogP contribution < -0.4 is 10.5 Å². The molecular weight excluding hydrogens is 246 g/mol. The fraction of sp³-hybridized carbons (Fsp3) is 0.154. The van der Waals surface area contributed by atoms with Crippen LogP contribution in [0.1, 0.15) is 13.8 Å². The lowest BCUT2D eigenvalue weighted by molar-refractivity contribution is -0.386. The molecule has 0 aliphatic carbocycles. The maximum atomic E-state index is 10.7. The number of ether oxygens (including phenoxy) is 1. The van der Waals surface area contributed by atoms with E-state index in [1.54, 1.807) is 24.3 Å². The highest BCUT2D eigenvalue weighted by atomic mass is 16.6. The first-order valence-electron chi connectivity index (χ1n) is 5.78. The Morgan fingerprint density at radius 2 is 1.84 bits per heavy atom. The van der Waals surface area contributed by atoms with Crippen LogP contribution in [0.4, 0.5) is 11.4 Å². The van der Waals surface area contributed by atoms with Crippen molar-refractivity contribution in [3.63, 3.8) is 0 Å². The zero-order valence-corrected chi connectivity index (χ0v) is 10.7. The van der Waals surface area contributed by atoms with Crippen LogP contribution in [0, 0.1) is 10.1 Å². The third-order valence-corrected chi connectivity index (χ3v) is 2.07. The Labute approximate surface area is 111 Å². The fourth-order valence-corrected chi connectivity index (χ4v) is 1.26. The van der Waals surface area contributed by atoms with Crippen molar-refractivity contribution in [2.45, 2.75) is 13.8 Å². The summed E-state index contributed by atoms with van der Waals surface area (Å²) < 4.78 is 5.39. The molecule has 100 valence electrons. The van der Waals surface area contributed by atoms with Crippen molar-refractivity contribution in [3.05, 3.63) is 52.8 Å². The summed E-state index contributed by atoms with van der Waals surface area (Å²) in [6.07, 6.45) is 2.58. The number of nitrogen functional groups attached to an aromatic ring is 1. The van der Waals surface area contributed by atoms with Crippen LogP contribution in [-0.4, -0.2) is 9.91 Å². The minimum atomic E-state index is -0.542. The van der Waals surface area contributed by atoms with Gasteiger partial charge in [0.1, 0.15) is 11.9 Å². The Morgan fingerprint density at radius 1 is 1.21 bits per heavy atom. The number of nitrogens with two attached hydrogens (primary N) is 1. The maximum absolute atomic E-state index is 10.7. The van der Waals surface area contributed by atoms with E-state index in [0.29, 0.717) is 11.4 Å². The number of hydrogen-bond acceptors (Lipinski definition) is 5. The number of anilines is 1. The fourth-order valence-electron chi connectivity index (χ4n) is 1.26. The van der Waals surface area contributed by atoms with Crippen molar-refractivity contribution in [2.24, 2.45) is 0 Å². The van der Waals surface area contributed by atoms with Crippen LogP contribution in [0.25, 0.3) is 0 Å². The third kappa shape index (κ3) is 3.95. The lowest BCUT2D eigenvalue weighted by atomic mass is 10.3. The summed E-state index contributed by atoms with van der Waals surface area (Å²) in [6, 6.07) is 8.03. The summed E-state index contributed by atoms with van der Waals surface area (Å²) in [4.78, 5) is 13.9. The molecule has 0 bridgehead atoms. The molecule has 0 aliphatic rings. The molecule has 2 aromatic rings. The Hall–Kier alpha value is -2.63. The van der Waals surface area contributed by atoms with Gasteiger partial charge in [-0.3, -0.25) is 15.1 Å². The maximum Gasteiger partial charge on any atom is 0.329 e. The summed E-state index contributed by atoms with van der Waals surface area (Å²) in [5.41, 5.74) is 5.95. The molecule has 0 unspecified atom stereocenters. The zero-order valence-electron chi connectivity index (χ0n) is 10.7. The smallest absolute Gasteiger partial charge is 0.329 e. The minimum absolute atomic E-state index is 0.148. The molecule has 1 heterocycles. The Morgan fingerprint density at radius 3 is 2.42 bits per heavy atom. The topological polar surface area (TPSA) is 91.3 Å². The van der Waals surface area contributed by atoms with E-state index in [1.807, 2.05) is 13.8 Å². The molecule has 19 heavy (non-hydrogen) atoms. The number of nitrogens with zero attached hydrogens (tertiary/aromatic N) is 2. The summed E-state index contributed by atoms with van der Waals surface area (Å²) in [5.74, 6) is 0.628. The van der Waals surface area contributed by atoms with Crippen molar-refractivity contribution in [1.29, 1.82) is 0 Å². The summed E-state index contributed by atoms with van der Waals surface area (Å²) in [6.45, 7) is 4.00. The highest BCUT2D eigenvalue weighted by molar-refractivity contribution is 5.48. The second-order valence-corrected chi connectivity index (χ2v) is 3.27. The van der Waals surface area contributed by atoms with Gasteiger partial charge in [-0.05, 0) is 24.3 Å². The standard InChI is InChI=1S/C11H9N3O3.C2H6/c12-8-1-3-9(4-2-8)17-11-5-6-13-7-10(11)14(15)16;1-2/h1-7H,12H2;1-2H3. The predicted octanol–water partition coefficient (Wildman–Crippen LogP) is 3.39. The van der Waals surface area contributed by atoms with E-state index >= 15 is 0 Å². The van der Waals surface area contributed by atoms with Crippen LogP contribution in [-0.2, 0) is 0 Å². The quantitative estimate of drug-likeness (QED) is 0.519. The number of pyridine rings is 1. The largest absolute Gasteiger partial charge is 0.450 e. The molecule has 0 spiro atoms. The van der Waals surface area contributed by atoms with E-state index in [2.05, 4.69) is 4.98 Å². The molecule has 0 fully saturated rings. The van der Waals surface area contributed by atoms with E-state index in [1.165, 1.54) is 12.3 Å². The van der Waals surface area contributed by atoms with Gasteiger partial charge >= 0.3 is 5.69 Å². The van der Waals surface area contributed by atoms with Gasteiger partial charge in [0.2, 0.25) is 5.75 Å². The van der Waals surface area contributed by atoms with Crippen molar-refractivity contribution in [3.8, 4) is 11.5 Å². The summed E-state index contributed by atoms with van der Waals surface area (Å²) in [7, 11) is 0. The van der Waals surface area contributed by atoms with Crippen LogP contribution in [0.3, 0.4) is 0 Å². The van der Waals surface area contributed by atoms with E-state index < -0.39 is 4.92 Å². The van der Waals surface area contributed by atoms with Crippen molar-refractivity contribution >= 4 is 11.4 Å². The number of aromatic nitrogens is 1. The molecule has 6 heteroatoms. The first-order chi connectivity index (χ1) is 9.16. The van der Waals surface area contributed by atoms with Crippen molar-refractivity contribution in [2.75, 3.05) is 5.73 Å². The lowest BCUT2D eigenvalue weighted by Crippen LogP contribution is -1.94. The van der Waals surface area contributed by atoms with Crippen LogP contribution >= 0.6 is 0 Å². The van der Waals surface area contributed by atoms with Gasteiger partial charge in [0.15, 0.2) is 0 Å². The second-order valence-electron chi connectivity index (χ2n) is 3.27. The molecule has 6 nitrogen and oxygen atoms in total. The SMILES string of the molecule is CC.Nc1ccc(Oc2ccncc2[N+](=O)[O-])cc1. The van der Waals surface area contributed by atoms with Gasteiger partial charge in [0.05, 0.1) is 4.92 Å². The Bertz CT molecular complexity index is 541. The molecule has 1 aromatic heterocycles. The summed E-state index contributed by atoms with van der Waals surface area (Å²) in [5, 5.41) is 10.7. The molecule has 2 rings (SSSR count). The Balaban J connectivity index is 0.000000861. The molecule has 0 radical (unpaired) electrons. The summed E-state index contributed by atoms with van der Waals surface area (Å²) >= 11 is 0. The average molecular weight is 261 g/mol. The van der Waals surface area contributed by atoms with Gasteiger partial charge in [-0.2, -0.15) is 0 Å². The van der Waals surface area contributed by atoms with Gasteiger partial charge in [-0.25, -0.2) is 0 Å². The lowest BCUT2D eigenvalue weighted by Gasteiger charge is -2.05. The zero-order chi connectivity index (χ0) is 14.3. The van der Waals surface area contributed by atoms with Gasteiger partial charge in [-0.15, -0.1) is 0 Å². The van der Waals surface area contributed by atoms with Crippen molar-refractivity contribution < 1.29 is 9.66 Å². The number of nitro groups is 1. The van der Waals surface area contributed by atoms with Gasteiger partial charge < -0.3 is 10.5 Å². The van der Waals surface area contributed by atoms with Gasteiger partial charge in [-0.1, -0.05) is 13.8 Å². The second kappa shape index (κ2) is 6.95. The highest BCUT2D eigenvalue weighted by Gasteiger charge is 2.15. The van der Waals surface area contributed by atoms with Crippen molar-refractivity contribution in [1.82, 2.24) is 4.98 Å². The van der Waals surface area contributed by atoms with Crippen LogP contribution in [0.2, 0.25) is 0 Å². The van der Waals surface area contributed by atoms with Crippen LogP contribution in [0.5, 0.6) is 11.5 Å². The number of rotatable bonds is 3. The molecule has 0 saturated carbocycles. The molecule has 0 atom stereocenters. The van der Waals surface area contributed by atoms with Gasteiger partial charge in [0.25, 0.3) is 0 Å². The first-order valence-corrected chi connectivity index (χ1v) is 5.78. The van der Waals surface area contributed by atoms with E-state index in [0.717, 1.165) is 6.20 Å². The van der Waals surface area contributed by atoms with Crippen LogP contribution in [0.15, 0.2) is 42.7 Å². The monoisotopic (exact) mass is 261 g/mol. The van der Waals surface area contributed by atoms with E-state index in [4.69, 9.17) is 10.5 Å². The van der Waals surface area contributed by atoms with Gasteiger partial charge in [0, 0.05) is 18.0 Å².